The average molecular weight is 438 g/mol. The Balaban J connectivity index is 1.86. The number of hydrogen-bond acceptors (Lipinski definition) is 4. The molecule has 0 aromatic heterocycles. The van der Waals surface area contributed by atoms with Crippen LogP contribution in [0.2, 0.25) is 0 Å². The standard InChI is InChI=1S/C29H27NO3/c1-5-33-27-25(26(30-29(27,2)3)18-11-7-6-8-12-18)24-22-14-10-9-13-20(22)21-16-15-19(17-23(21)24)28(31)32-4/h6-17,27H,5H2,1-4H3/b25-24-. The fourth-order valence-electron chi connectivity index (χ4n) is 5.01. The van der Waals surface area contributed by atoms with Gasteiger partial charge in [-0.05, 0) is 60.7 Å². The highest BCUT2D eigenvalue weighted by Crippen LogP contribution is 2.50. The number of aliphatic imine (C=N–C) groups is 1. The lowest BCUT2D eigenvalue weighted by Crippen LogP contribution is -2.34. The maximum absolute atomic E-state index is 12.4. The molecule has 0 fully saturated rings. The molecule has 0 saturated heterocycles. The SMILES string of the molecule is CCOC1/C(=C2/c3ccccc3-c3ccc(C(=O)OC)cc32)C(c2ccccc2)=NC1(C)C. The molecule has 0 saturated carbocycles. The van der Waals surface area contributed by atoms with E-state index in [2.05, 4.69) is 50.2 Å². The van der Waals surface area contributed by atoms with Gasteiger partial charge < -0.3 is 9.47 Å². The number of esters is 1. The maximum Gasteiger partial charge on any atom is 0.337 e. The topological polar surface area (TPSA) is 47.9 Å². The molecular formula is C29H27NO3. The largest absolute Gasteiger partial charge is 0.465 e. The van der Waals surface area contributed by atoms with E-state index in [0.29, 0.717) is 12.2 Å². The molecular weight excluding hydrogens is 410 g/mol. The number of carbonyl (C=O) groups is 1. The number of nitrogens with zero attached hydrogens (tertiary/aromatic N) is 1. The first-order valence-electron chi connectivity index (χ1n) is 11.3. The summed E-state index contributed by atoms with van der Waals surface area (Å²) in [5.74, 6) is -0.344. The number of rotatable bonds is 4. The van der Waals surface area contributed by atoms with Crippen molar-refractivity contribution in [1.29, 1.82) is 0 Å². The van der Waals surface area contributed by atoms with E-state index >= 15 is 0 Å². The molecule has 2 aliphatic rings. The average Bonchev–Trinajstić information content (AvgIpc) is 3.29. The van der Waals surface area contributed by atoms with Gasteiger partial charge in [0, 0.05) is 17.7 Å². The molecule has 4 heteroatoms. The van der Waals surface area contributed by atoms with Crippen LogP contribution in [-0.4, -0.2) is 37.0 Å². The zero-order valence-corrected chi connectivity index (χ0v) is 19.4. The van der Waals surface area contributed by atoms with Crippen molar-refractivity contribution >= 4 is 17.3 Å². The molecule has 0 N–H and O–H groups in total. The highest BCUT2D eigenvalue weighted by Gasteiger charge is 2.44. The van der Waals surface area contributed by atoms with Crippen molar-refractivity contribution in [3.05, 3.63) is 101 Å². The minimum absolute atomic E-state index is 0.214. The molecule has 1 aliphatic carbocycles. The summed E-state index contributed by atoms with van der Waals surface area (Å²) in [7, 11) is 1.41. The van der Waals surface area contributed by atoms with Gasteiger partial charge in [-0.3, -0.25) is 4.99 Å². The van der Waals surface area contributed by atoms with Gasteiger partial charge in [0.15, 0.2) is 0 Å². The minimum Gasteiger partial charge on any atom is -0.465 e. The lowest BCUT2D eigenvalue weighted by atomic mass is 9.85. The summed E-state index contributed by atoms with van der Waals surface area (Å²) < 4.78 is 11.4. The first-order chi connectivity index (χ1) is 16.0. The Bertz CT molecular complexity index is 1300. The fraction of sp³-hybridized carbons (Fsp3) is 0.241. The second-order valence-electron chi connectivity index (χ2n) is 8.90. The first-order valence-corrected chi connectivity index (χ1v) is 11.3. The fourth-order valence-corrected chi connectivity index (χ4v) is 5.01. The van der Waals surface area contributed by atoms with Crippen molar-refractivity contribution in [1.82, 2.24) is 0 Å². The Labute approximate surface area is 194 Å². The molecule has 0 amide bonds. The predicted molar refractivity (Wildman–Crippen MR) is 132 cm³/mol. The zero-order chi connectivity index (χ0) is 23.2. The van der Waals surface area contributed by atoms with E-state index in [-0.39, 0.29) is 12.1 Å². The third kappa shape index (κ3) is 3.42. The van der Waals surface area contributed by atoms with Crippen molar-refractivity contribution in [2.45, 2.75) is 32.4 Å². The number of fused-ring (bicyclic) bond motifs is 3. The van der Waals surface area contributed by atoms with Crippen LogP contribution in [0.5, 0.6) is 0 Å². The van der Waals surface area contributed by atoms with Gasteiger partial charge in [-0.1, -0.05) is 60.7 Å². The van der Waals surface area contributed by atoms with Gasteiger partial charge in [0.25, 0.3) is 0 Å². The predicted octanol–water partition coefficient (Wildman–Crippen LogP) is 5.94. The maximum atomic E-state index is 12.4. The van der Waals surface area contributed by atoms with Crippen LogP contribution in [0, 0.1) is 0 Å². The molecule has 0 bridgehead atoms. The first kappa shape index (κ1) is 21.4. The molecule has 1 atom stereocenters. The van der Waals surface area contributed by atoms with Crippen molar-refractivity contribution in [2.24, 2.45) is 4.99 Å². The van der Waals surface area contributed by atoms with Crippen LogP contribution >= 0.6 is 0 Å². The second-order valence-corrected chi connectivity index (χ2v) is 8.90. The summed E-state index contributed by atoms with van der Waals surface area (Å²) in [4.78, 5) is 17.6. The highest BCUT2D eigenvalue weighted by molar-refractivity contribution is 6.23. The number of hydrogen-bond donors (Lipinski definition) is 0. The van der Waals surface area contributed by atoms with E-state index in [0.717, 1.165) is 44.7 Å². The summed E-state index contributed by atoms with van der Waals surface area (Å²) in [6.45, 7) is 6.84. The Hall–Kier alpha value is -3.50. The van der Waals surface area contributed by atoms with Gasteiger partial charge in [-0.25, -0.2) is 4.79 Å². The Kier molecular flexibility index (Phi) is 5.26. The Morgan fingerprint density at radius 2 is 1.58 bits per heavy atom. The third-order valence-electron chi connectivity index (χ3n) is 6.41. The van der Waals surface area contributed by atoms with E-state index in [1.54, 1.807) is 0 Å². The molecule has 166 valence electrons. The summed E-state index contributed by atoms with van der Waals surface area (Å²) in [5, 5.41) is 0. The van der Waals surface area contributed by atoms with Gasteiger partial charge in [-0.15, -0.1) is 0 Å². The van der Waals surface area contributed by atoms with Gasteiger partial charge in [-0.2, -0.15) is 0 Å². The van der Waals surface area contributed by atoms with Crippen molar-refractivity contribution in [3.8, 4) is 11.1 Å². The molecule has 1 heterocycles. The molecule has 0 spiro atoms. The number of benzene rings is 3. The van der Waals surface area contributed by atoms with Gasteiger partial charge in [0.05, 0.1) is 23.9 Å². The van der Waals surface area contributed by atoms with Crippen molar-refractivity contribution in [3.63, 3.8) is 0 Å². The second kappa shape index (κ2) is 8.13. The van der Waals surface area contributed by atoms with Crippen LogP contribution in [-0.2, 0) is 9.47 Å². The summed E-state index contributed by atoms with van der Waals surface area (Å²) in [6.07, 6.45) is -0.214. The quantitative estimate of drug-likeness (QED) is 0.371. The lowest BCUT2D eigenvalue weighted by molar-refractivity contribution is 0.0542. The van der Waals surface area contributed by atoms with E-state index < -0.39 is 5.54 Å². The van der Waals surface area contributed by atoms with E-state index in [1.165, 1.54) is 7.11 Å². The zero-order valence-electron chi connectivity index (χ0n) is 19.4. The van der Waals surface area contributed by atoms with Crippen LogP contribution < -0.4 is 0 Å². The summed E-state index contributed by atoms with van der Waals surface area (Å²) in [5.41, 5.74) is 8.67. The molecule has 33 heavy (non-hydrogen) atoms. The third-order valence-corrected chi connectivity index (χ3v) is 6.41. The van der Waals surface area contributed by atoms with Crippen LogP contribution in [0.3, 0.4) is 0 Å². The van der Waals surface area contributed by atoms with E-state index in [9.17, 15) is 4.79 Å². The molecule has 5 rings (SSSR count). The summed E-state index contributed by atoms with van der Waals surface area (Å²) in [6, 6.07) is 24.5. The van der Waals surface area contributed by atoms with Gasteiger partial charge in [0.2, 0.25) is 0 Å². The molecule has 1 aliphatic heterocycles. The van der Waals surface area contributed by atoms with Crippen LogP contribution in [0.15, 0.2) is 83.4 Å². The lowest BCUT2D eigenvalue weighted by Gasteiger charge is -2.27. The van der Waals surface area contributed by atoms with Crippen LogP contribution in [0.25, 0.3) is 16.7 Å². The minimum atomic E-state index is -0.429. The highest BCUT2D eigenvalue weighted by atomic mass is 16.5. The number of methoxy groups -OCH3 is 1. The normalized spacial score (nSPS) is 20.2. The van der Waals surface area contributed by atoms with Gasteiger partial charge >= 0.3 is 5.97 Å². The van der Waals surface area contributed by atoms with Gasteiger partial charge in [0.1, 0.15) is 6.10 Å². The Morgan fingerprint density at radius 1 is 0.909 bits per heavy atom. The summed E-state index contributed by atoms with van der Waals surface area (Å²) >= 11 is 0. The number of ether oxygens (including phenoxy) is 2. The number of carbonyl (C=O) groups excluding carboxylic acids is 1. The molecule has 0 radical (unpaired) electrons. The van der Waals surface area contributed by atoms with Crippen molar-refractivity contribution < 1.29 is 14.3 Å². The van der Waals surface area contributed by atoms with Crippen molar-refractivity contribution in [2.75, 3.05) is 13.7 Å². The monoisotopic (exact) mass is 437 g/mol. The molecule has 3 aromatic rings. The Morgan fingerprint density at radius 3 is 2.27 bits per heavy atom. The molecule has 1 unspecified atom stereocenters. The van der Waals surface area contributed by atoms with E-state index in [1.807, 2.05) is 43.3 Å². The smallest absolute Gasteiger partial charge is 0.337 e. The van der Waals surface area contributed by atoms with E-state index in [4.69, 9.17) is 14.5 Å². The molecule has 3 aromatic carbocycles. The molecule has 4 nitrogen and oxygen atoms in total. The van der Waals surface area contributed by atoms with Crippen LogP contribution in [0.1, 0.15) is 47.8 Å². The van der Waals surface area contributed by atoms with Crippen LogP contribution in [0.4, 0.5) is 0 Å².